The molecule has 0 aromatic heterocycles. The molecular weight excluding hydrogens is 1610 g/mol. The summed E-state index contributed by atoms with van der Waals surface area (Å²) in [5.74, 6) is 24.1. The number of para-hydroxylation sites is 6. The van der Waals surface area contributed by atoms with Gasteiger partial charge in [-0.1, -0.05) is 88.4 Å². The van der Waals surface area contributed by atoms with Gasteiger partial charge in [-0.15, -0.1) is 37.3 Å². The highest BCUT2D eigenvalue weighted by Crippen LogP contribution is 2.36. The SMILES string of the molecule is CCC(=O)N[C@H](C)Cc1ccc(OC)c(SOON)c1.CCC(=O)O.CCC(=O)O.CCC(C)=O.CCOc1ccccc1O.CCOc1ccccc1OCC(=O)N[C@H](C)Cc1ccc(OC)c(SOON)c1.CCOc1ccccc1OCCN[C@H](C)Cc1ccc(OC)c(SOON)c1.COc1ccc(C[C@@H](C)N)cc1SOON. The number of methoxy groups -OCH3 is 4. The van der Waals surface area contributed by atoms with E-state index < -0.39 is 11.9 Å². The van der Waals surface area contributed by atoms with Crippen molar-refractivity contribution in [2.24, 2.45) is 29.3 Å². The average Bonchev–Trinajstić information content (AvgIpc) is 0.855. The van der Waals surface area contributed by atoms with Crippen molar-refractivity contribution in [2.45, 2.75) is 178 Å². The molecule has 0 heterocycles. The zero-order chi connectivity index (χ0) is 88.4. The molecule has 7 aromatic rings. The van der Waals surface area contributed by atoms with Crippen molar-refractivity contribution in [1.29, 1.82) is 0 Å². The number of carbonyl (C=O) groups excluding carboxylic acids is 3. The standard InChI is InChI=1S/C20H26N2O6S.C20H28N2O5S.C13H20N2O4S.C10H16N2O3S.C8H10O2.C4H8O.2C3H6O2/c1-4-25-16-7-5-6-8-17(16)26-13-20(23)22-14(2)11-15-9-10-18(24-3)19(12-15)29-28-27-21;1-4-24-17-7-5-6-8-18(17)25-12-11-22-15(2)13-16-9-10-19(23-3)20(14-16)28-27-26-21;1-4-13(16)15-9(2)7-10-5-6-11(17-3)12(8-10)20-19-18-14;1-7(11)5-8-3-4-9(13-2)10(6-8)16-15-14-12;1-2-10-8-6-4-3-5-7(8)9;1-3-4(2)5;2*1-2-3(4)5/h5-10,12,14H,4,11,13,21H2,1-3H3,(H,22,23);5-10,14-15,22H,4,11-13,21H2,1-3H3;5-6,8-9H,4,7,14H2,1-3H3,(H,15,16);3-4,6-7H,5,11-12H2,1-2H3;3-6,9H,2H2,1H3;3H2,1-2H3;2*2H2,1H3,(H,4,5)/t14-;15-;9-;7-;;;;/m1111..../s1. The summed E-state index contributed by atoms with van der Waals surface area (Å²) in [5, 5.41) is 33.9. The average molecular weight is 1730 g/mol. The summed E-state index contributed by atoms with van der Waals surface area (Å²) in [6, 6.07) is 45.2. The molecule has 2 amide bonds. The van der Waals surface area contributed by atoms with Crippen molar-refractivity contribution in [2.75, 3.05) is 68.0 Å². The van der Waals surface area contributed by atoms with Crippen molar-refractivity contribution in [1.82, 2.24) is 16.0 Å². The first-order valence-corrected chi connectivity index (χ1v) is 40.2. The van der Waals surface area contributed by atoms with Crippen molar-refractivity contribution in [3.8, 4) is 57.5 Å². The molecular formula is C81H120N8O25S4. The Morgan fingerprint density at radius 1 is 0.390 bits per heavy atom. The lowest BCUT2D eigenvalue weighted by molar-refractivity contribution is -0.195. The lowest BCUT2D eigenvalue weighted by atomic mass is 10.1. The number of ether oxygens (including phenoxy) is 9. The van der Waals surface area contributed by atoms with E-state index in [0.717, 1.165) is 116 Å². The fourth-order valence-corrected chi connectivity index (χ4v) is 11.4. The predicted molar refractivity (Wildman–Crippen MR) is 455 cm³/mol. The molecule has 4 atom stereocenters. The maximum Gasteiger partial charge on any atom is 0.303 e. The molecule has 0 aliphatic carbocycles. The van der Waals surface area contributed by atoms with Crippen molar-refractivity contribution in [3.05, 3.63) is 168 Å². The largest absolute Gasteiger partial charge is 0.504 e. The van der Waals surface area contributed by atoms with Crippen LogP contribution in [0.15, 0.2) is 165 Å². The van der Waals surface area contributed by atoms with Gasteiger partial charge >= 0.3 is 11.9 Å². The molecule has 37 heteroatoms. The first kappa shape index (κ1) is 109. The number of nitrogens with one attached hydrogen (secondary N) is 3. The minimum atomic E-state index is -0.745. The predicted octanol–water partition coefficient (Wildman–Crippen LogP) is 13.7. The molecule has 33 nitrogen and oxygen atoms in total. The quantitative estimate of drug-likeness (QED) is 0.00731. The fourth-order valence-electron chi connectivity index (χ4n) is 9.21. The number of phenols is 1. The Hall–Kier alpha value is -9.07. The Kier molecular flexibility index (Phi) is 63.5. The number of Topliss-reactive ketones (excluding diaryl/α,β-unsaturated/α-hetero) is 1. The van der Waals surface area contributed by atoms with Crippen LogP contribution in [0.2, 0.25) is 0 Å². The molecule has 0 fully saturated rings. The monoisotopic (exact) mass is 1730 g/mol. The molecule has 0 bridgehead atoms. The highest BCUT2D eigenvalue weighted by Gasteiger charge is 2.17. The number of nitrogens with two attached hydrogens (primary N) is 5. The van der Waals surface area contributed by atoms with E-state index in [4.69, 9.17) is 95.9 Å². The number of hydrogen-bond acceptors (Lipinski definition) is 33. The van der Waals surface area contributed by atoms with E-state index in [1.165, 1.54) is 0 Å². The number of carboxylic acids is 2. The molecule has 0 unspecified atom stereocenters. The van der Waals surface area contributed by atoms with Crippen LogP contribution in [0.3, 0.4) is 0 Å². The maximum absolute atomic E-state index is 12.2. The number of phenolic OH excluding ortho intramolecular Hbond substituents is 1. The number of rotatable bonds is 44. The smallest absolute Gasteiger partial charge is 0.303 e. The summed E-state index contributed by atoms with van der Waals surface area (Å²) >= 11 is 3.93. The van der Waals surface area contributed by atoms with Crippen molar-refractivity contribution >= 4 is 77.7 Å². The molecule has 118 heavy (non-hydrogen) atoms. The zero-order valence-corrected chi connectivity index (χ0v) is 73.2. The highest BCUT2D eigenvalue weighted by molar-refractivity contribution is 7.95. The number of ketones is 1. The van der Waals surface area contributed by atoms with Crippen molar-refractivity contribution in [3.63, 3.8) is 0 Å². The number of carboxylic acid groups (broad SMARTS) is 2. The first-order chi connectivity index (χ1) is 56.7. The van der Waals surface area contributed by atoms with Crippen LogP contribution in [-0.2, 0) is 86.9 Å². The van der Waals surface area contributed by atoms with Crippen LogP contribution in [-0.4, -0.2) is 137 Å². The lowest BCUT2D eigenvalue weighted by Gasteiger charge is -2.16. The summed E-state index contributed by atoms with van der Waals surface area (Å²) in [5.41, 5.74) is 10.0. The van der Waals surface area contributed by atoms with Gasteiger partial charge in [-0.2, -0.15) is 23.6 Å². The first-order valence-electron chi connectivity index (χ1n) is 37.3. The Morgan fingerprint density at radius 3 is 0.983 bits per heavy atom. The molecule has 0 radical (unpaired) electrons. The van der Waals surface area contributed by atoms with E-state index in [0.29, 0.717) is 97.3 Å². The topological polar surface area (TPSA) is 469 Å². The summed E-state index contributed by atoms with van der Waals surface area (Å²) < 4.78 is 67.3. The van der Waals surface area contributed by atoms with E-state index in [9.17, 15) is 24.0 Å². The molecule has 658 valence electrons. The van der Waals surface area contributed by atoms with Crippen LogP contribution in [0.25, 0.3) is 0 Å². The van der Waals surface area contributed by atoms with Gasteiger partial charge in [0.1, 0.15) is 35.4 Å². The number of amides is 2. The van der Waals surface area contributed by atoms with Gasteiger partial charge in [0, 0.05) is 56.4 Å². The third-order valence-electron chi connectivity index (χ3n) is 14.7. The summed E-state index contributed by atoms with van der Waals surface area (Å²) in [4.78, 5) is 71.6. The Balaban J connectivity index is 0.00000143. The number of benzene rings is 7. The molecule has 0 aliphatic rings. The normalized spacial score (nSPS) is 11.1. The van der Waals surface area contributed by atoms with Crippen molar-refractivity contribution < 1.29 is 119 Å². The second-order valence-corrected chi connectivity index (χ2v) is 27.2. The molecule has 0 saturated carbocycles. The van der Waals surface area contributed by atoms with Gasteiger partial charge in [0.25, 0.3) is 5.91 Å². The van der Waals surface area contributed by atoms with Gasteiger partial charge in [0.15, 0.2) is 41.1 Å². The number of hydrogen-bond donors (Lipinski definition) is 11. The number of aromatic hydroxyl groups is 1. The Labute approximate surface area is 709 Å². The van der Waals surface area contributed by atoms with E-state index >= 15 is 0 Å². The third kappa shape index (κ3) is 51.3. The van der Waals surface area contributed by atoms with Gasteiger partial charge < -0.3 is 84.4 Å². The molecule has 16 N–H and O–H groups in total. The van der Waals surface area contributed by atoms with Gasteiger partial charge in [0.2, 0.25) is 5.91 Å². The summed E-state index contributed by atoms with van der Waals surface area (Å²) in [6.45, 7) is 25.1. The molecule has 0 aliphatic heterocycles. The van der Waals surface area contributed by atoms with Crippen LogP contribution in [0.4, 0.5) is 0 Å². The molecule has 7 aromatic carbocycles. The lowest BCUT2D eigenvalue weighted by Crippen LogP contribution is -2.37. The van der Waals surface area contributed by atoms with E-state index in [2.05, 4.69) is 51.5 Å². The van der Waals surface area contributed by atoms with Crippen LogP contribution >= 0.6 is 48.2 Å². The fraction of sp³-hybridized carbons (Fsp3) is 0.420. The minimum Gasteiger partial charge on any atom is -0.504 e. The van der Waals surface area contributed by atoms with Gasteiger partial charge in [0.05, 0.1) is 116 Å². The van der Waals surface area contributed by atoms with Gasteiger partial charge in [-0.05, 0) is 188 Å². The number of aliphatic carboxylic acids is 2. The van der Waals surface area contributed by atoms with Gasteiger partial charge in [-0.25, -0.2) is 0 Å². The van der Waals surface area contributed by atoms with Gasteiger partial charge in [-0.3, -0.25) is 19.2 Å². The van der Waals surface area contributed by atoms with Crippen LogP contribution in [0.5, 0.6) is 57.5 Å². The summed E-state index contributed by atoms with van der Waals surface area (Å²) in [7, 11) is 6.34. The maximum atomic E-state index is 12.2. The van der Waals surface area contributed by atoms with E-state index in [1.54, 1.807) is 79.5 Å². The Bertz CT molecular complexity index is 3850. The van der Waals surface area contributed by atoms with Crippen LogP contribution in [0.1, 0.15) is 131 Å². The third-order valence-corrected chi connectivity index (χ3v) is 17.2. The minimum absolute atomic E-state index is 0.0421. The highest BCUT2D eigenvalue weighted by atomic mass is 32.2. The van der Waals surface area contributed by atoms with E-state index in [1.807, 2.05) is 171 Å². The molecule has 0 saturated heterocycles. The Morgan fingerprint density at radius 2 is 0.686 bits per heavy atom. The second-order valence-electron chi connectivity index (χ2n) is 24.2. The second kappa shape index (κ2) is 68.8. The number of carbonyl (C=O) groups is 5. The van der Waals surface area contributed by atoms with Crippen LogP contribution < -0.4 is 87.9 Å². The molecule has 7 rings (SSSR count). The summed E-state index contributed by atoms with van der Waals surface area (Å²) in [6.07, 6.45) is 4.56. The zero-order valence-electron chi connectivity index (χ0n) is 69.9. The van der Waals surface area contributed by atoms with Crippen LogP contribution in [0, 0.1) is 0 Å². The molecule has 0 spiro atoms. The van der Waals surface area contributed by atoms with E-state index in [-0.39, 0.29) is 67.0 Å².